The van der Waals surface area contributed by atoms with Gasteiger partial charge in [0.15, 0.2) is 0 Å². The topological polar surface area (TPSA) is 83.8 Å². The molecule has 0 spiro atoms. The predicted molar refractivity (Wildman–Crippen MR) is 126 cm³/mol. The zero-order valence-electron chi connectivity index (χ0n) is 18.7. The monoisotopic (exact) mass is 486 g/mol. The molecule has 0 fully saturated rings. The number of hydrogen-bond acceptors (Lipinski definition) is 3. The molecule has 3 aromatic rings. The molecule has 5 nitrogen and oxygen atoms in total. The molecular weight excluding hydrogens is 461 g/mol. The fourth-order valence-corrected chi connectivity index (χ4v) is 3.18. The number of rotatable bonds is 9. The lowest BCUT2D eigenvalue weighted by Gasteiger charge is -2.13. The Bertz CT molecular complexity index is 1090. The molecule has 0 aromatic heterocycles. The first kappa shape index (κ1) is 27.2. The van der Waals surface area contributed by atoms with Crippen molar-refractivity contribution in [3.63, 3.8) is 0 Å². The van der Waals surface area contributed by atoms with Crippen LogP contribution in [0.4, 0.5) is 13.2 Å². The van der Waals surface area contributed by atoms with Crippen molar-refractivity contribution in [3.05, 3.63) is 114 Å². The third kappa shape index (κ3) is 10.2. The zero-order chi connectivity index (χ0) is 25.8. The van der Waals surface area contributed by atoms with Crippen LogP contribution in [0.25, 0.3) is 0 Å². The number of benzene rings is 3. The summed E-state index contributed by atoms with van der Waals surface area (Å²) >= 11 is 0. The van der Waals surface area contributed by atoms with Gasteiger partial charge in [-0.05, 0) is 72.7 Å². The van der Waals surface area contributed by atoms with Crippen LogP contribution in [0.5, 0.6) is 5.75 Å². The minimum absolute atomic E-state index is 0.194. The molecule has 2 N–H and O–H groups in total. The van der Waals surface area contributed by atoms with Crippen molar-refractivity contribution in [2.45, 2.75) is 25.6 Å². The minimum atomic E-state index is -4.60. The van der Waals surface area contributed by atoms with Crippen molar-refractivity contribution in [1.82, 2.24) is 0 Å². The van der Waals surface area contributed by atoms with Gasteiger partial charge in [0.25, 0.3) is 0 Å². The van der Waals surface area contributed by atoms with Crippen molar-refractivity contribution < 1.29 is 37.7 Å². The van der Waals surface area contributed by atoms with E-state index in [1.54, 1.807) is 30.3 Å². The van der Waals surface area contributed by atoms with E-state index in [9.17, 15) is 22.8 Å². The Labute approximate surface area is 201 Å². The first-order chi connectivity index (χ1) is 16.6. The quantitative estimate of drug-likeness (QED) is 0.331. The highest BCUT2D eigenvalue weighted by Crippen LogP contribution is 2.21. The lowest BCUT2D eigenvalue weighted by molar-refractivity contribution is -0.274. The van der Waals surface area contributed by atoms with Crippen molar-refractivity contribution in [1.29, 1.82) is 0 Å². The summed E-state index contributed by atoms with van der Waals surface area (Å²) in [4.78, 5) is 21.7. The molecule has 0 heterocycles. The van der Waals surface area contributed by atoms with Crippen LogP contribution >= 0.6 is 0 Å². The normalized spacial score (nSPS) is 11.5. The lowest BCUT2D eigenvalue weighted by atomic mass is 9.92. The molecule has 0 saturated heterocycles. The maximum absolute atomic E-state index is 11.5. The van der Waals surface area contributed by atoms with Crippen LogP contribution in [-0.4, -0.2) is 28.5 Å². The summed E-state index contributed by atoms with van der Waals surface area (Å²) in [5.74, 6) is -1.76. The molecule has 0 aliphatic heterocycles. The number of hydrogen-bond donors (Lipinski definition) is 2. The number of allylic oxidation sites excluding steroid dienone is 1. The molecule has 0 aliphatic carbocycles. The Balaban J connectivity index is 0.000000328. The zero-order valence-corrected chi connectivity index (χ0v) is 18.7. The summed E-state index contributed by atoms with van der Waals surface area (Å²) in [6.07, 6.45) is -0.144. The number of carboxylic acid groups (broad SMARTS) is 2. The fourth-order valence-electron chi connectivity index (χ4n) is 3.18. The predicted octanol–water partition coefficient (Wildman–Crippen LogP) is 6.65. The summed E-state index contributed by atoms with van der Waals surface area (Å²) in [6.45, 7) is 3.88. The Morgan fingerprint density at radius 2 is 1.31 bits per heavy atom. The van der Waals surface area contributed by atoms with E-state index >= 15 is 0 Å². The van der Waals surface area contributed by atoms with E-state index in [1.165, 1.54) is 24.3 Å². The van der Waals surface area contributed by atoms with Gasteiger partial charge in [-0.15, -0.1) is 19.8 Å². The highest BCUT2D eigenvalue weighted by Gasteiger charge is 2.30. The highest BCUT2D eigenvalue weighted by atomic mass is 19.4. The number of aromatic carboxylic acids is 2. The molecule has 0 saturated carbocycles. The van der Waals surface area contributed by atoms with Gasteiger partial charge in [0.1, 0.15) is 5.75 Å². The van der Waals surface area contributed by atoms with E-state index in [2.05, 4.69) is 11.3 Å². The van der Waals surface area contributed by atoms with Gasteiger partial charge in [-0.25, -0.2) is 9.59 Å². The number of alkyl halides is 3. The average molecular weight is 486 g/mol. The van der Waals surface area contributed by atoms with Crippen LogP contribution in [0.1, 0.15) is 38.3 Å². The second-order valence-electron chi connectivity index (χ2n) is 7.60. The Hall–Kier alpha value is -4.07. The number of ether oxygens (including phenoxy) is 1. The summed E-state index contributed by atoms with van der Waals surface area (Å²) in [5, 5.41) is 17.8. The SMILES string of the molecule is C=CC(CCc1ccc(C(=O)O)cc1)Cc1ccc(C(=O)O)cc1.FC(F)(F)Oc1ccccc1. The van der Waals surface area contributed by atoms with Crippen LogP contribution < -0.4 is 4.74 Å². The fraction of sp³-hybridized carbons (Fsp3) is 0.185. The standard InChI is InChI=1S/C20H20O4.C7H5F3O/c1-2-14(13-16-7-11-18(12-8-16)20(23)24)3-4-15-5-9-17(10-6-15)19(21)22;8-7(9,10)11-6-4-2-1-3-5-6/h2,5-12,14H,1,3-4,13H2,(H,21,22)(H,23,24);1-5H. The van der Waals surface area contributed by atoms with Gasteiger partial charge < -0.3 is 14.9 Å². The van der Waals surface area contributed by atoms with E-state index in [0.29, 0.717) is 0 Å². The number of aryl methyl sites for hydroxylation is 1. The van der Waals surface area contributed by atoms with Gasteiger partial charge in [0, 0.05) is 0 Å². The summed E-state index contributed by atoms with van der Waals surface area (Å²) in [6, 6.07) is 20.9. The van der Waals surface area contributed by atoms with E-state index in [4.69, 9.17) is 10.2 Å². The lowest BCUT2D eigenvalue weighted by Crippen LogP contribution is -2.16. The molecule has 8 heteroatoms. The van der Waals surface area contributed by atoms with Crippen molar-refractivity contribution in [3.8, 4) is 5.75 Å². The van der Waals surface area contributed by atoms with E-state index in [1.807, 2.05) is 30.3 Å². The first-order valence-electron chi connectivity index (χ1n) is 10.6. The summed E-state index contributed by atoms with van der Waals surface area (Å²) < 4.78 is 38.2. The van der Waals surface area contributed by atoms with Gasteiger partial charge >= 0.3 is 18.3 Å². The maximum atomic E-state index is 11.5. The second-order valence-corrected chi connectivity index (χ2v) is 7.60. The van der Waals surface area contributed by atoms with Crippen LogP contribution in [0.3, 0.4) is 0 Å². The van der Waals surface area contributed by atoms with Gasteiger partial charge in [-0.2, -0.15) is 0 Å². The van der Waals surface area contributed by atoms with Crippen molar-refractivity contribution in [2.24, 2.45) is 5.92 Å². The number of carboxylic acids is 2. The molecule has 3 aromatic carbocycles. The van der Waals surface area contributed by atoms with E-state index in [0.717, 1.165) is 30.4 Å². The number of carbonyl (C=O) groups is 2. The van der Waals surface area contributed by atoms with Gasteiger partial charge in [-0.1, -0.05) is 48.5 Å². The Kier molecular flexibility index (Phi) is 10.1. The van der Waals surface area contributed by atoms with Crippen molar-refractivity contribution in [2.75, 3.05) is 0 Å². The molecule has 0 amide bonds. The van der Waals surface area contributed by atoms with E-state index < -0.39 is 18.3 Å². The highest BCUT2D eigenvalue weighted by molar-refractivity contribution is 5.87. The third-order valence-corrected chi connectivity index (χ3v) is 5.01. The molecule has 184 valence electrons. The molecule has 1 atom stereocenters. The smallest absolute Gasteiger partial charge is 0.478 e. The third-order valence-electron chi connectivity index (χ3n) is 5.01. The number of para-hydroxylation sites is 1. The van der Waals surface area contributed by atoms with Crippen LogP contribution in [0.15, 0.2) is 91.5 Å². The van der Waals surface area contributed by atoms with Crippen molar-refractivity contribution >= 4 is 11.9 Å². The molecule has 0 aliphatic rings. The maximum Gasteiger partial charge on any atom is 0.573 e. The van der Waals surface area contributed by atoms with Gasteiger partial charge in [-0.3, -0.25) is 0 Å². The molecule has 0 radical (unpaired) electrons. The molecular formula is C27H25F3O5. The van der Waals surface area contributed by atoms with Gasteiger partial charge in [0.2, 0.25) is 0 Å². The van der Waals surface area contributed by atoms with Crippen LogP contribution in [0.2, 0.25) is 0 Å². The summed E-state index contributed by atoms with van der Waals surface area (Å²) in [5.41, 5.74) is 2.74. The van der Waals surface area contributed by atoms with Crippen LogP contribution in [-0.2, 0) is 12.8 Å². The minimum Gasteiger partial charge on any atom is -0.478 e. The van der Waals surface area contributed by atoms with E-state index in [-0.39, 0.29) is 22.8 Å². The summed E-state index contributed by atoms with van der Waals surface area (Å²) in [7, 11) is 0. The average Bonchev–Trinajstić information content (AvgIpc) is 2.82. The number of halogens is 3. The molecule has 1 unspecified atom stereocenters. The Morgan fingerprint density at radius 3 is 1.74 bits per heavy atom. The van der Waals surface area contributed by atoms with Gasteiger partial charge in [0.05, 0.1) is 11.1 Å². The first-order valence-corrected chi connectivity index (χ1v) is 10.6. The molecule has 35 heavy (non-hydrogen) atoms. The molecule has 0 bridgehead atoms. The largest absolute Gasteiger partial charge is 0.573 e. The Morgan fingerprint density at radius 1 is 0.829 bits per heavy atom. The second kappa shape index (κ2) is 13.0. The van der Waals surface area contributed by atoms with Crippen LogP contribution in [0, 0.1) is 5.92 Å². The molecule has 3 rings (SSSR count).